The first-order valence-electron chi connectivity index (χ1n) is 8.08. The summed E-state index contributed by atoms with van der Waals surface area (Å²) in [6, 6.07) is 7.53. The Morgan fingerprint density at radius 3 is 2.84 bits per heavy atom. The average molecular weight is 360 g/mol. The number of nitrogens with zero attached hydrogens (tertiary/aromatic N) is 3. The number of hydrogen-bond acceptors (Lipinski definition) is 6. The topological polar surface area (TPSA) is 85.9 Å². The van der Waals surface area contributed by atoms with E-state index in [1.165, 1.54) is 11.8 Å². The Balaban J connectivity index is 1.67. The lowest BCUT2D eigenvalue weighted by atomic mass is 10.2. The van der Waals surface area contributed by atoms with Gasteiger partial charge in [0.05, 0.1) is 12.8 Å². The number of benzene rings is 1. The molecule has 7 nitrogen and oxygen atoms in total. The van der Waals surface area contributed by atoms with Crippen molar-refractivity contribution in [2.24, 2.45) is 0 Å². The first kappa shape index (κ1) is 17.3. The molecule has 0 amide bonds. The van der Waals surface area contributed by atoms with Crippen LogP contribution >= 0.6 is 11.8 Å². The minimum Gasteiger partial charge on any atom is -0.497 e. The number of aromatic nitrogens is 4. The highest BCUT2D eigenvalue weighted by Gasteiger charge is 2.11. The summed E-state index contributed by atoms with van der Waals surface area (Å²) in [4.78, 5) is 16.3. The number of aromatic amines is 1. The van der Waals surface area contributed by atoms with Gasteiger partial charge in [0, 0.05) is 17.9 Å². The van der Waals surface area contributed by atoms with E-state index in [1.54, 1.807) is 17.9 Å². The Kier molecular flexibility index (Phi) is 5.60. The first-order valence-corrected chi connectivity index (χ1v) is 9.06. The average Bonchev–Trinajstić information content (AvgIpc) is 3.25. The molecule has 0 aliphatic rings. The van der Waals surface area contributed by atoms with Crippen LogP contribution in [-0.2, 0) is 12.3 Å². The Bertz CT molecular complexity index is 867. The van der Waals surface area contributed by atoms with Crippen molar-refractivity contribution in [3.63, 3.8) is 0 Å². The summed E-state index contributed by atoms with van der Waals surface area (Å²) >= 11 is 1.46. The predicted molar refractivity (Wildman–Crippen MR) is 95.8 cm³/mol. The van der Waals surface area contributed by atoms with E-state index in [9.17, 15) is 4.79 Å². The van der Waals surface area contributed by atoms with Crippen molar-refractivity contribution < 1.29 is 9.15 Å². The third-order valence-corrected chi connectivity index (χ3v) is 4.71. The number of unbranched alkanes of at least 4 members (excludes halogenated alkanes) is 1. The quantitative estimate of drug-likeness (QED) is 0.620. The van der Waals surface area contributed by atoms with Crippen LogP contribution in [0.25, 0.3) is 11.5 Å². The third-order valence-electron chi connectivity index (χ3n) is 3.70. The van der Waals surface area contributed by atoms with Crippen molar-refractivity contribution in [1.29, 1.82) is 0 Å². The van der Waals surface area contributed by atoms with Crippen LogP contribution in [-0.4, -0.2) is 26.9 Å². The summed E-state index contributed by atoms with van der Waals surface area (Å²) in [5.41, 5.74) is 1.51. The molecular weight excluding hydrogens is 340 g/mol. The zero-order valence-electron chi connectivity index (χ0n) is 14.2. The minimum absolute atomic E-state index is 0.171. The van der Waals surface area contributed by atoms with Gasteiger partial charge in [-0.3, -0.25) is 4.57 Å². The third kappa shape index (κ3) is 4.14. The molecule has 25 heavy (non-hydrogen) atoms. The number of ether oxygens (including phenoxy) is 1. The number of thioether (sulfide) groups is 1. The molecule has 2 aromatic heterocycles. The van der Waals surface area contributed by atoms with Crippen molar-refractivity contribution in [1.82, 2.24) is 19.7 Å². The number of methoxy groups -OCH3 is 1. The van der Waals surface area contributed by atoms with Gasteiger partial charge in [-0.25, -0.2) is 14.9 Å². The standard InChI is InChI=1S/C17H20N4O3S/c1-3-4-9-21-16(22)19-20-17(21)25-11-13-10-24-15(18-13)12-5-7-14(23-2)8-6-12/h5-8,10H,3-4,9,11H2,1-2H3,(H,19,22). The molecule has 0 saturated carbocycles. The second kappa shape index (κ2) is 8.06. The van der Waals surface area contributed by atoms with Crippen LogP contribution in [0.1, 0.15) is 25.5 Å². The summed E-state index contributed by atoms with van der Waals surface area (Å²) in [7, 11) is 1.63. The molecule has 1 N–H and O–H groups in total. The van der Waals surface area contributed by atoms with Gasteiger partial charge in [-0.15, -0.1) is 5.10 Å². The molecule has 3 rings (SSSR count). The van der Waals surface area contributed by atoms with Crippen LogP contribution in [0, 0.1) is 0 Å². The van der Waals surface area contributed by atoms with Crippen molar-refractivity contribution >= 4 is 11.8 Å². The summed E-state index contributed by atoms with van der Waals surface area (Å²) in [6.07, 6.45) is 3.60. The molecule has 0 spiro atoms. The summed E-state index contributed by atoms with van der Waals surface area (Å²) in [5.74, 6) is 1.93. The maximum Gasteiger partial charge on any atom is 0.343 e. The lowest BCUT2D eigenvalue weighted by molar-refractivity contribution is 0.415. The fourth-order valence-electron chi connectivity index (χ4n) is 2.30. The molecular formula is C17H20N4O3S. The van der Waals surface area contributed by atoms with Gasteiger partial charge in [0.1, 0.15) is 12.0 Å². The number of hydrogen-bond donors (Lipinski definition) is 1. The Morgan fingerprint density at radius 2 is 2.12 bits per heavy atom. The molecule has 0 aliphatic carbocycles. The van der Waals surface area contributed by atoms with E-state index in [0.717, 1.165) is 29.8 Å². The van der Waals surface area contributed by atoms with Gasteiger partial charge in [-0.05, 0) is 30.7 Å². The van der Waals surface area contributed by atoms with Gasteiger partial charge in [0.15, 0.2) is 5.16 Å². The first-order chi connectivity index (χ1) is 12.2. The molecule has 0 aliphatic heterocycles. The van der Waals surface area contributed by atoms with Gasteiger partial charge < -0.3 is 9.15 Å². The molecule has 0 atom stereocenters. The molecule has 132 valence electrons. The van der Waals surface area contributed by atoms with Crippen LogP contribution < -0.4 is 10.4 Å². The van der Waals surface area contributed by atoms with E-state index in [1.807, 2.05) is 24.3 Å². The molecule has 1 aromatic carbocycles. The van der Waals surface area contributed by atoms with E-state index < -0.39 is 0 Å². The summed E-state index contributed by atoms with van der Waals surface area (Å²) in [5, 5.41) is 7.26. The van der Waals surface area contributed by atoms with E-state index in [2.05, 4.69) is 22.1 Å². The molecule has 0 fully saturated rings. The molecule has 0 saturated heterocycles. The smallest absolute Gasteiger partial charge is 0.343 e. The van der Waals surface area contributed by atoms with E-state index in [0.29, 0.717) is 23.3 Å². The van der Waals surface area contributed by atoms with Gasteiger partial charge in [-0.2, -0.15) is 0 Å². The lowest BCUT2D eigenvalue weighted by Gasteiger charge is -2.02. The van der Waals surface area contributed by atoms with E-state index in [4.69, 9.17) is 9.15 Å². The molecule has 0 unspecified atom stereocenters. The fourth-order valence-corrected chi connectivity index (χ4v) is 3.15. The Hall–Kier alpha value is -2.48. The predicted octanol–water partition coefficient (Wildman–Crippen LogP) is 3.33. The van der Waals surface area contributed by atoms with Crippen LogP contribution in [0.3, 0.4) is 0 Å². The van der Waals surface area contributed by atoms with Crippen molar-refractivity contribution in [2.75, 3.05) is 7.11 Å². The number of oxazole rings is 1. The summed E-state index contributed by atoms with van der Waals surface area (Å²) < 4.78 is 12.4. The number of H-pyrrole nitrogens is 1. The molecule has 2 heterocycles. The highest BCUT2D eigenvalue weighted by atomic mass is 32.2. The van der Waals surface area contributed by atoms with Crippen LogP contribution in [0.2, 0.25) is 0 Å². The van der Waals surface area contributed by atoms with Crippen LogP contribution in [0.15, 0.2) is 44.9 Å². The van der Waals surface area contributed by atoms with Crippen LogP contribution in [0.4, 0.5) is 0 Å². The maximum atomic E-state index is 11.8. The number of nitrogens with one attached hydrogen (secondary N) is 1. The SMILES string of the molecule is CCCCn1c(SCc2coc(-c3ccc(OC)cc3)n2)n[nH]c1=O. The molecule has 0 bridgehead atoms. The van der Waals surface area contributed by atoms with E-state index in [-0.39, 0.29) is 5.69 Å². The van der Waals surface area contributed by atoms with E-state index >= 15 is 0 Å². The molecule has 3 aromatic rings. The minimum atomic E-state index is -0.171. The second-order valence-electron chi connectivity index (χ2n) is 5.48. The lowest BCUT2D eigenvalue weighted by Crippen LogP contribution is -2.17. The number of rotatable bonds is 8. The van der Waals surface area contributed by atoms with Gasteiger partial charge in [0.2, 0.25) is 5.89 Å². The molecule has 0 radical (unpaired) electrons. The molecule has 8 heteroatoms. The van der Waals surface area contributed by atoms with Gasteiger partial charge >= 0.3 is 5.69 Å². The highest BCUT2D eigenvalue weighted by Crippen LogP contribution is 2.25. The second-order valence-corrected chi connectivity index (χ2v) is 6.42. The van der Waals surface area contributed by atoms with Crippen molar-refractivity contribution in [3.8, 4) is 17.2 Å². The van der Waals surface area contributed by atoms with Crippen LogP contribution in [0.5, 0.6) is 5.75 Å². The van der Waals surface area contributed by atoms with Gasteiger partial charge in [-0.1, -0.05) is 25.1 Å². The summed E-state index contributed by atoms with van der Waals surface area (Å²) in [6.45, 7) is 2.76. The van der Waals surface area contributed by atoms with Gasteiger partial charge in [0.25, 0.3) is 0 Å². The normalized spacial score (nSPS) is 11.0. The zero-order chi connectivity index (χ0) is 17.6. The Labute approximate surface area is 149 Å². The van der Waals surface area contributed by atoms with Crippen molar-refractivity contribution in [2.45, 2.75) is 37.2 Å². The highest BCUT2D eigenvalue weighted by molar-refractivity contribution is 7.98. The monoisotopic (exact) mass is 360 g/mol. The fraction of sp³-hybridized carbons (Fsp3) is 0.353. The maximum absolute atomic E-state index is 11.8. The Morgan fingerprint density at radius 1 is 1.32 bits per heavy atom. The van der Waals surface area contributed by atoms with Crippen molar-refractivity contribution in [3.05, 3.63) is 46.7 Å². The largest absolute Gasteiger partial charge is 0.497 e. The zero-order valence-corrected chi connectivity index (χ0v) is 15.0.